The van der Waals surface area contributed by atoms with Crippen molar-refractivity contribution in [2.45, 2.75) is 38.8 Å². The lowest BCUT2D eigenvalue weighted by atomic mass is 10.0. The van der Waals surface area contributed by atoms with Crippen molar-refractivity contribution in [1.82, 2.24) is 15.1 Å². The highest BCUT2D eigenvalue weighted by Gasteiger charge is 2.28. The molecule has 0 radical (unpaired) electrons. The molecule has 2 amide bonds. The Morgan fingerprint density at radius 2 is 1.86 bits per heavy atom. The predicted octanol–water partition coefficient (Wildman–Crippen LogP) is 3.47. The van der Waals surface area contributed by atoms with Gasteiger partial charge in [-0.15, -0.1) is 0 Å². The fraction of sp³-hybridized carbons (Fsp3) is 0.345. The maximum Gasteiger partial charge on any atom is 0.320 e. The number of carbonyl (C=O) groups excluding carboxylic acids is 2. The molecule has 3 heterocycles. The van der Waals surface area contributed by atoms with Crippen LogP contribution in [0.4, 0.5) is 4.39 Å². The van der Waals surface area contributed by atoms with Crippen molar-refractivity contribution in [3.63, 3.8) is 0 Å². The number of likely N-dealkylation sites (tertiary alicyclic amines) is 2. The Labute approximate surface area is 215 Å². The lowest BCUT2D eigenvalue weighted by Crippen LogP contribution is -2.44. The number of pyridine rings is 1. The Bertz CT molecular complexity index is 1340. The number of piperidine rings is 1. The fourth-order valence-electron chi connectivity index (χ4n) is 5.29. The number of hydrogen-bond donors (Lipinski definition) is 1. The van der Waals surface area contributed by atoms with E-state index in [1.807, 2.05) is 12.1 Å². The van der Waals surface area contributed by atoms with Crippen LogP contribution in [0, 0.1) is 17.9 Å². The number of aromatic nitrogens is 1. The number of amides is 2. The van der Waals surface area contributed by atoms with Gasteiger partial charge in [-0.2, -0.15) is 4.73 Å². The van der Waals surface area contributed by atoms with Crippen LogP contribution in [0.15, 0.2) is 66.4 Å². The fourth-order valence-corrected chi connectivity index (χ4v) is 5.29. The molecule has 1 N–H and O–H groups in total. The third-order valence-corrected chi connectivity index (χ3v) is 7.28. The van der Waals surface area contributed by atoms with Gasteiger partial charge in [0.15, 0.2) is 6.20 Å². The van der Waals surface area contributed by atoms with Gasteiger partial charge in [0.25, 0.3) is 5.69 Å². The normalized spacial score (nSPS) is 18.3. The number of nitrogens with one attached hydrogen (secondary N) is 1. The molecule has 0 aliphatic carbocycles. The van der Waals surface area contributed by atoms with Gasteiger partial charge < -0.3 is 15.4 Å². The molecule has 0 bridgehead atoms. The van der Waals surface area contributed by atoms with Gasteiger partial charge in [-0.25, -0.2) is 4.39 Å². The van der Waals surface area contributed by atoms with Crippen molar-refractivity contribution in [2.75, 3.05) is 26.2 Å². The van der Waals surface area contributed by atoms with E-state index in [0.29, 0.717) is 36.2 Å². The van der Waals surface area contributed by atoms with Gasteiger partial charge >= 0.3 is 5.91 Å². The van der Waals surface area contributed by atoms with E-state index in [4.69, 9.17) is 0 Å². The van der Waals surface area contributed by atoms with Crippen LogP contribution in [0.25, 0.3) is 10.8 Å². The van der Waals surface area contributed by atoms with Crippen LogP contribution in [-0.4, -0.2) is 53.8 Å². The molecule has 0 saturated carbocycles. The van der Waals surface area contributed by atoms with E-state index < -0.39 is 0 Å². The van der Waals surface area contributed by atoms with Gasteiger partial charge in [0, 0.05) is 56.5 Å². The zero-order valence-electron chi connectivity index (χ0n) is 21.0. The summed E-state index contributed by atoms with van der Waals surface area (Å²) in [5.41, 5.74) is 3.01. The Kier molecular flexibility index (Phi) is 7.19. The first kappa shape index (κ1) is 24.9. The molecule has 5 rings (SSSR count). The Morgan fingerprint density at radius 1 is 1.11 bits per heavy atom. The van der Waals surface area contributed by atoms with Crippen molar-refractivity contribution in [3.05, 3.63) is 94.2 Å². The van der Waals surface area contributed by atoms with Crippen molar-refractivity contribution >= 4 is 22.6 Å². The summed E-state index contributed by atoms with van der Waals surface area (Å²) >= 11 is 0. The molecular weight excluding hydrogens is 471 g/mol. The van der Waals surface area contributed by atoms with Gasteiger partial charge in [-0.1, -0.05) is 23.8 Å². The molecule has 2 saturated heterocycles. The number of nitrogens with zero attached hydrogens (tertiary/aromatic N) is 3. The third-order valence-electron chi connectivity index (χ3n) is 7.28. The lowest BCUT2D eigenvalue weighted by Gasteiger charge is -2.28. The van der Waals surface area contributed by atoms with Crippen LogP contribution < -0.4 is 10.0 Å². The highest BCUT2D eigenvalue weighted by molar-refractivity contribution is 5.92. The number of halogens is 1. The Balaban J connectivity index is 1.10. The average Bonchev–Trinajstić information content (AvgIpc) is 3.30. The largest absolute Gasteiger partial charge is 0.618 e. The molecule has 2 aliphatic heterocycles. The molecule has 2 fully saturated rings. The molecule has 2 aliphatic rings. The van der Waals surface area contributed by atoms with Crippen LogP contribution in [-0.2, 0) is 11.3 Å². The Hall–Kier alpha value is -3.78. The summed E-state index contributed by atoms with van der Waals surface area (Å²) in [5.74, 6) is -0.585. The summed E-state index contributed by atoms with van der Waals surface area (Å²) in [6, 6.07) is 14.4. The quantitative estimate of drug-likeness (QED) is 0.329. The molecule has 7 nitrogen and oxygen atoms in total. The molecule has 8 heteroatoms. The van der Waals surface area contributed by atoms with Crippen molar-refractivity contribution < 1.29 is 18.7 Å². The summed E-state index contributed by atoms with van der Waals surface area (Å²) in [6.45, 7) is 5.21. The van der Waals surface area contributed by atoms with Gasteiger partial charge in [-0.3, -0.25) is 14.5 Å². The first-order chi connectivity index (χ1) is 17.9. The standard InChI is InChI=1S/C29H31FN4O3/c1-20-3-2-11-34(37)28(20)29(36)33-13-8-21(9-14-33)16-27(35)31-26-10-12-32(19-26)18-22-4-5-24-17-25(30)7-6-23(24)15-22/h2-7,11,15-17,26H,8-10,12-14,18-19H2,1H3,(H,31,35). The van der Waals surface area contributed by atoms with Gasteiger partial charge in [-0.05, 0) is 66.8 Å². The zero-order valence-corrected chi connectivity index (χ0v) is 21.0. The minimum atomic E-state index is -0.263. The van der Waals surface area contributed by atoms with Crippen LogP contribution in [0.3, 0.4) is 0 Å². The second-order valence-electron chi connectivity index (χ2n) is 10.0. The van der Waals surface area contributed by atoms with Crippen molar-refractivity contribution in [2.24, 2.45) is 0 Å². The average molecular weight is 503 g/mol. The topological polar surface area (TPSA) is 79.6 Å². The molecular formula is C29H31FN4O3. The minimum absolute atomic E-state index is 0.0918. The van der Waals surface area contributed by atoms with Crippen LogP contribution in [0.1, 0.15) is 40.9 Å². The highest BCUT2D eigenvalue weighted by Crippen LogP contribution is 2.21. The number of aryl methyl sites for hydroxylation is 1. The molecule has 2 aromatic carbocycles. The molecule has 1 atom stereocenters. The van der Waals surface area contributed by atoms with Gasteiger partial charge in [0.05, 0.1) is 0 Å². The monoisotopic (exact) mass is 502 g/mol. The maximum absolute atomic E-state index is 13.4. The predicted molar refractivity (Wildman–Crippen MR) is 139 cm³/mol. The highest BCUT2D eigenvalue weighted by atomic mass is 19.1. The molecule has 3 aromatic rings. The van der Waals surface area contributed by atoms with Gasteiger partial charge in [0.2, 0.25) is 5.91 Å². The smallest absolute Gasteiger partial charge is 0.320 e. The molecule has 1 aromatic heterocycles. The minimum Gasteiger partial charge on any atom is -0.618 e. The first-order valence-electron chi connectivity index (χ1n) is 12.7. The summed E-state index contributed by atoms with van der Waals surface area (Å²) in [7, 11) is 0. The molecule has 192 valence electrons. The third kappa shape index (κ3) is 5.80. The number of benzene rings is 2. The lowest BCUT2D eigenvalue weighted by molar-refractivity contribution is -0.608. The van der Waals surface area contributed by atoms with E-state index in [0.717, 1.165) is 42.4 Å². The number of hydrogen-bond acceptors (Lipinski definition) is 4. The van der Waals surface area contributed by atoms with E-state index in [1.54, 1.807) is 42.2 Å². The molecule has 1 unspecified atom stereocenters. The van der Waals surface area contributed by atoms with E-state index >= 15 is 0 Å². The molecule has 37 heavy (non-hydrogen) atoms. The summed E-state index contributed by atoms with van der Waals surface area (Å²) in [5, 5.41) is 17.1. The van der Waals surface area contributed by atoms with Crippen molar-refractivity contribution in [3.8, 4) is 0 Å². The molecule has 0 spiro atoms. The van der Waals surface area contributed by atoms with Crippen LogP contribution >= 0.6 is 0 Å². The van der Waals surface area contributed by atoms with Gasteiger partial charge in [0.1, 0.15) is 5.82 Å². The maximum atomic E-state index is 13.4. The van der Waals surface area contributed by atoms with E-state index in [1.165, 1.54) is 17.8 Å². The van der Waals surface area contributed by atoms with Crippen molar-refractivity contribution in [1.29, 1.82) is 0 Å². The number of rotatable bonds is 5. The van der Waals surface area contributed by atoms with E-state index in [-0.39, 0.29) is 29.4 Å². The van der Waals surface area contributed by atoms with E-state index in [2.05, 4.69) is 16.3 Å². The van der Waals surface area contributed by atoms with E-state index in [9.17, 15) is 19.2 Å². The summed E-state index contributed by atoms with van der Waals surface area (Å²) in [6.07, 6.45) is 5.14. The Morgan fingerprint density at radius 3 is 2.65 bits per heavy atom. The second kappa shape index (κ2) is 10.7. The second-order valence-corrected chi connectivity index (χ2v) is 10.0. The summed E-state index contributed by atoms with van der Waals surface area (Å²) in [4.78, 5) is 29.5. The number of carbonyl (C=O) groups is 2. The zero-order chi connectivity index (χ0) is 25.9. The van der Waals surface area contributed by atoms with Crippen LogP contribution in [0.2, 0.25) is 0 Å². The first-order valence-corrected chi connectivity index (χ1v) is 12.7. The SMILES string of the molecule is Cc1ccc[n+]([O-])c1C(=O)N1CCC(=CC(=O)NC2CCN(Cc3ccc4cc(F)ccc4c3)C2)CC1. The number of fused-ring (bicyclic) bond motifs is 1. The summed E-state index contributed by atoms with van der Waals surface area (Å²) < 4.78 is 14.1. The van der Waals surface area contributed by atoms with Crippen LogP contribution in [0.5, 0.6) is 0 Å².